The van der Waals surface area contributed by atoms with Gasteiger partial charge in [0.25, 0.3) is 5.91 Å². The van der Waals surface area contributed by atoms with E-state index in [1.165, 1.54) is 4.31 Å². The van der Waals surface area contributed by atoms with Crippen LogP contribution in [0.5, 0.6) is 0 Å². The van der Waals surface area contributed by atoms with Crippen LogP contribution < -0.4 is 0 Å². The van der Waals surface area contributed by atoms with Crippen molar-refractivity contribution in [3.05, 3.63) is 78.1 Å². The smallest absolute Gasteiger partial charge is 0.273 e. The first-order valence-corrected chi connectivity index (χ1v) is 12.7. The standard InChI is InChI=1S/C26H27N3O3S/c1-2-3-17-33(31,32)28-15-13-24(14-16-28)29(20-21-9-5-4-6-10-21)26(30)25-18-22-11-7-8-12-23(22)19-27-25/h1,4-12,18-19,24H,3,13-17,20H2. The zero-order valence-corrected chi connectivity index (χ0v) is 19.2. The highest BCUT2D eigenvalue weighted by Gasteiger charge is 2.33. The molecule has 1 fully saturated rings. The second-order valence-electron chi connectivity index (χ2n) is 8.24. The Bertz CT molecular complexity index is 1260. The number of terminal acetylenes is 1. The average Bonchev–Trinajstić information content (AvgIpc) is 2.86. The lowest BCUT2D eigenvalue weighted by Gasteiger charge is -2.38. The van der Waals surface area contributed by atoms with Gasteiger partial charge in [-0.05, 0) is 29.9 Å². The molecule has 0 spiro atoms. The Balaban J connectivity index is 1.56. The number of sulfonamides is 1. The average molecular weight is 462 g/mol. The fourth-order valence-electron chi connectivity index (χ4n) is 4.24. The molecular weight excluding hydrogens is 434 g/mol. The van der Waals surface area contributed by atoms with Gasteiger partial charge in [0.2, 0.25) is 10.0 Å². The number of hydrogen-bond acceptors (Lipinski definition) is 4. The number of rotatable bonds is 7. The highest BCUT2D eigenvalue weighted by molar-refractivity contribution is 7.89. The van der Waals surface area contributed by atoms with Crippen LogP contribution in [0.15, 0.2) is 66.9 Å². The summed E-state index contributed by atoms with van der Waals surface area (Å²) in [6, 6.07) is 19.4. The monoisotopic (exact) mass is 461 g/mol. The molecule has 4 rings (SSSR count). The van der Waals surface area contributed by atoms with Crippen LogP contribution in [0.3, 0.4) is 0 Å². The van der Waals surface area contributed by atoms with Crippen LogP contribution in [-0.2, 0) is 16.6 Å². The number of hydrogen-bond donors (Lipinski definition) is 0. The van der Waals surface area contributed by atoms with E-state index >= 15 is 0 Å². The zero-order chi connectivity index (χ0) is 23.3. The zero-order valence-electron chi connectivity index (χ0n) is 18.4. The molecule has 0 unspecified atom stereocenters. The van der Waals surface area contributed by atoms with E-state index in [9.17, 15) is 13.2 Å². The quantitative estimate of drug-likeness (QED) is 0.503. The van der Waals surface area contributed by atoms with Crippen LogP contribution in [0.1, 0.15) is 35.3 Å². The van der Waals surface area contributed by atoms with E-state index < -0.39 is 10.0 Å². The van der Waals surface area contributed by atoms with Gasteiger partial charge >= 0.3 is 0 Å². The van der Waals surface area contributed by atoms with Crippen molar-refractivity contribution in [2.75, 3.05) is 18.8 Å². The lowest BCUT2D eigenvalue weighted by atomic mass is 10.0. The SMILES string of the molecule is C#CCCS(=O)(=O)N1CCC(N(Cc2ccccc2)C(=O)c2cc3ccccc3cn2)CC1. The second-order valence-corrected chi connectivity index (χ2v) is 10.3. The van der Waals surface area contributed by atoms with Crippen LogP contribution in [0.2, 0.25) is 0 Å². The van der Waals surface area contributed by atoms with Gasteiger partial charge in [-0.15, -0.1) is 12.3 Å². The Morgan fingerprint density at radius 2 is 1.73 bits per heavy atom. The van der Waals surface area contributed by atoms with Crippen molar-refractivity contribution in [1.29, 1.82) is 0 Å². The first kappa shape index (κ1) is 23.0. The molecule has 33 heavy (non-hydrogen) atoms. The molecule has 3 aromatic rings. The summed E-state index contributed by atoms with van der Waals surface area (Å²) in [7, 11) is -3.38. The first-order chi connectivity index (χ1) is 16.0. The molecule has 0 bridgehead atoms. The van der Waals surface area contributed by atoms with Crippen molar-refractivity contribution < 1.29 is 13.2 Å². The number of carbonyl (C=O) groups excluding carboxylic acids is 1. The molecule has 170 valence electrons. The molecule has 0 saturated carbocycles. The molecule has 6 nitrogen and oxygen atoms in total. The Hall–Kier alpha value is -3.21. The molecule has 0 radical (unpaired) electrons. The Labute approximate surface area is 195 Å². The van der Waals surface area contributed by atoms with Gasteiger partial charge in [0.15, 0.2) is 0 Å². The minimum atomic E-state index is -3.38. The topological polar surface area (TPSA) is 70.6 Å². The fraction of sp³-hybridized carbons (Fsp3) is 0.308. The van der Waals surface area contributed by atoms with E-state index in [1.807, 2.05) is 65.6 Å². The molecule has 1 amide bonds. The Morgan fingerprint density at radius 3 is 2.42 bits per heavy atom. The minimum Gasteiger partial charge on any atom is -0.330 e. The van der Waals surface area contributed by atoms with Gasteiger partial charge < -0.3 is 4.90 Å². The van der Waals surface area contributed by atoms with E-state index in [0.29, 0.717) is 38.2 Å². The number of amides is 1. The Morgan fingerprint density at radius 1 is 1.06 bits per heavy atom. The molecule has 1 aliphatic heterocycles. The van der Waals surface area contributed by atoms with Gasteiger partial charge in [-0.3, -0.25) is 9.78 Å². The largest absolute Gasteiger partial charge is 0.330 e. The normalized spacial score (nSPS) is 15.2. The number of aromatic nitrogens is 1. The third kappa shape index (κ3) is 5.41. The third-order valence-corrected chi connectivity index (χ3v) is 7.94. The number of piperidine rings is 1. The van der Waals surface area contributed by atoms with Gasteiger partial charge in [-0.2, -0.15) is 0 Å². The molecule has 7 heteroatoms. The second kappa shape index (κ2) is 10.2. The number of carbonyl (C=O) groups is 1. The summed E-state index contributed by atoms with van der Waals surface area (Å²) < 4.78 is 26.6. The van der Waals surface area contributed by atoms with Gasteiger partial charge in [0.1, 0.15) is 5.69 Å². The van der Waals surface area contributed by atoms with Gasteiger partial charge in [0, 0.05) is 43.7 Å². The van der Waals surface area contributed by atoms with Gasteiger partial charge in [-0.1, -0.05) is 54.6 Å². The van der Waals surface area contributed by atoms with Crippen molar-refractivity contribution in [3.63, 3.8) is 0 Å². The summed E-state index contributed by atoms with van der Waals surface area (Å²) in [5, 5.41) is 1.94. The predicted molar refractivity (Wildman–Crippen MR) is 130 cm³/mol. The third-order valence-electron chi connectivity index (χ3n) is 6.07. The van der Waals surface area contributed by atoms with Crippen molar-refractivity contribution in [2.24, 2.45) is 0 Å². The highest BCUT2D eigenvalue weighted by atomic mass is 32.2. The molecule has 1 saturated heterocycles. The van der Waals surface area contributed by atoms with E-state index in [2.05, 4.69) is 10.9 Å². The summed E-state index contributed by atoms with van der Waals surface area (Å²) in [5.41, 5.74) is 1.42. The van der Waals surface area contributed by atoms with Crippen molar-refractivity contribution in [2.45, 2.75) is 31.8 Å². The maximum absolute atomic E-state index is 13.6. The Kier molecular flexibility index (Phi) is 7.07. The summed E-state index contributed by atoms with van der Waals surface area (Å²) in [4.78, 5) is 19.9. The van der Waals surface area contributed by atoms with E-state index in [1.54, 1.807) is 6.20 Å². The van der Waals surface area contributed by atoms with Gasteiger partial charge in [-0.25, -0.2) is 12.7 Å². The summed E-state index contributed by atoms with van der Waals surface area (Å²) >= 11 is 0. The van der Waals surface area contributed by atoms with Crippen molar-refractivity contribution in [3.8, 4) is 12.3 Å². The first-order valence-electron chi connectivity index (χ1n) is 11.1. The predicted octanol–water partition coefficient (Wildman–Crippen LogP) is 3.69. The highest BCUT2D eigenvalue weighted by Crippen LogP contribution is 2.24. The van der Waals surface area contributed by atoms with Crippen molar-refractivity contribution in [1.82, 2.24) is 14.2 Å². The summed E-state index contributed by atoms with van der Waals surface area (Å²) in [6.07, 6.45) is 8.31. The molecule has 0 aliphatic carbocycles. The summed E-state index contributed by atoms with van der Waals surface area (Å²) in [6.45, 7) is 1.20. The number of pyridine rings is 1. The minimum absolute atomic E-state index is 0.0398. The number of benzene rings is 2. The van der Waals surface area contributed by atoms with E-state index in [4.69, 9.17) is 6.42 Å². The number of nitrogens with zero attached hydrogens (tertiary/aromatic N) is 3. The summed E-state index contributed by atoms with van der Waals surface area (Å²) in [5.74, 6) is 2.22. The molecular formula is C26H27N3O3S. The van der Waals surface area contributed by atoms with Gasteiger partial charge in [0.05, 0.1) is 5.75 Å². The van der Waals surface area contributed by atoms with Crippen LogP contribution >= 0.6 is 0 Å². The maximum atomic E-state index is 13.6. The molecule has 0 N–H and O–H groups in total. The lowest BCUT2D eigenvalue weighted by Crippen LogP contribution is -2.49. The van der Waals surface area contributed by atoms with Crippen LogP contribution in [0.4, 0.5) is 0 Å². The number of fused-ring (bicyclic) bond motifs is 1. The van der Waals surface area contributed by atoms with Crippen LogP contribution in [0, 0.1) is 12.3 Å². The van der Waals surface area contributed by atoms with E-state index in [0.717, 1.165) is 16.3 Å². The fourth-order valence-corrected chi connectivity index (χ4v) is 5.64. The maximum Gasteiger partial charge on any atom is 0.273 e. The van der Waals surface area contributed by atoms with Crippen molar-refractivity contribution >= 4 is 26.7 Å². The molecule has 1 aromatic heterocycles. The van der Waals surface area contributed by atoms with Crippen LogP contribution in [0.25, 0.3) is 10.8 Å². The molecule has 2 aromatic carbocycles. The van der Waals surface area contributed by atoms with E-state index in [-0.39, 0.29) is 24.1 Å². The molecule has 1 aliphatic rings. The molecule has 0 atom stereocenters. The molecule has 2 heterocycles. The van der Waals surface area contributed by atoms with Crippen LogP contribution in [-0.4, -0.2) is 53.4 Å². The lowest BCUT2D eigenvalue weighted by molar-refractivity contribution is 0.0591.